The Morgan fingerprint density at radius 3 is 2.59 bits per heavy atom. The fourth-order valence-electron chi connectivity index (χ4n) is 3.09. The Balaban J connectivity index is 1.76. The molecule has 0 aliphatic carbocycles. The predicted molar refractivity (Wildman–Crippen MR) is 113 cm³/mol. The van der Waals surface area contributed by atoms with Crippen LogP contribution in [0, 0.1) is 0 Å². The van der Waals surface area contributed by atoms with E-state index >= 15 is 0 Å². The summed E-state index contributed by atoms with van der Waals surface area (Å²) in [6, 6.07) is 14.6. The van der Waals surface area contributed by atoms with Crippen LogP contribution in [0.4, 0.5) is 11.4 Å². The summed E-state index contributed by atoms with van der Waals surface area (Å²) in [5.41, 5.74) is 1.92. The largest absolute Gasteiger partial charge is 0.497 e. The molecule has 0 unspecified atom stereocenters. The third kappa shape index (κ3) is 4.63. The number of ether oxygens (including phenoxy) is 2. The number of amides is 2. The number of fused-ring (bicyclic) bond motifs is 1. The van der Waals surface area contributed by atoms with Gasteiger partial charge in [0, 0.05) is 37.5 Å². The second kappa shape index (κ2) is 9.05. The molecule has 2 amide bonds. The second-order valence-electron chi connectivity index (χ2n) is 6.39. The number of hydrogen-bond acceptors (Lipinski definition) is 5. The molecule has 0 bridgehead atoms. The van der Waals surface area contributed by atoms with Gasteiger partial charge in [0.05, 0.1) is 31.1 Å². The number of carbonyl (C=O) groups excluding carboxylic acids is 2. The molecule has 1 N–H and O–H groups in total. The molecule has 0 radical (unpaired) electrons. The molecule has 0 aliphatic rings. The number of aromatic nitrogens is 1. The summed E-state index contributed by atoms with van der Waals surface area (Å²) in [5, 5.41) is 3.75. The zero-order chi connectivity index (χ0) is 20.8. The molecule has 0 atom stereocenters. The fourth-order valence-corrected chi connectivity index (χ4v) is 3.09. The van der Waals surface area contributed by atoms with Crippen molar-refractivity contribution in [3.63, 3.8) is 0 Å². The zero-order valence-electron chi connectivity index (χ0n) is 16.6. The molecule has 0 saturated heterocycles. The van der Waals surface area contributed by atoms with Crippen LogP contribution in [0.2, 0.25) is 0 Å². The van der Waals surface area contributed by atoms with E-state index in [2.05, 4.69) is 10.3 Å². The molecule has 7 nitrogen and oxygen atoms in total. The van der Waals surface area contributed by atoms with Crippen LogP contribution in [-0.2, 0) is 9.59 Å². The lowest BCUT2D eigenvalue weighted by atomic mass is 10.1. The van der Waals surface area contributed by atoms with Gasteiger partial charge in [-0.3, -0.25) is 14.6 Å². The molecule has 3 aromatic rings. The van der Waals surface area contributed by atoms with Crippen LogP contribution in [-0.4, -0.2) is 37.6 Å². The summed E-state index contributed by atoms with van der Waals surface area (Å²) < 4.78 is 10.5. The van der Waals surface area contributed by atoms with Gasteiger partial charge in [-0.25, -0.2) is 0 Å². The number of para-hydroxylation sites is 1. The Morgan fingerprint density at radius 1 is 1.07 bits per heavy atom. The van der Waals surface area contributed by atoms with E-state index in [1.54, 1.807) is 36.4 Å². The van der Waals surface area contributed by atoms with Gasteiger partial charge in [0.1, 0.15) is 11.5 Å². The Labute approximate surface area is 169 Å². The molecule has 0 spiro atoms. The molecular formula is C22H23N3O4. The van der Waals surface area contributed by atoms with Crippen molar-refractivity contribution in [2.24, 2.45) is 0 Å². The van der Waals surface area contributed by atoms with Crippen LogP contribution in [0.15, 0.2) is 54.7 Å². The van der Waals surface area contributed by atoms with Crippen LogP contribution in [0.5, 0.6) is 11.5 Å². The summed E-state index contributed by atoms with van der Waals surface area (Å²) in [6.07, 6.45) is 1.80. The summed E-state index contributed by atoms with van der Waals surface area (Å²) >= 11 is 0. The average molecular weight is 393 g/mol. The van der Waals surface area contributed by atoms with Gasteiger partial charge in [-0.2, -0.15) is 0 Å². The van der Waals surface area contributed by atoms with Crippen LogP contribution in [0.25, 0.3) is 10.9 Å². The lowest BCUT2D eigenvalue weighted by molar-refractivity contribution is -0.117. The minimum atomic E-state index is -0.240. The molecule has 0 saturated carbocycles. The number of anilines is 2. The highest BCUT2D eigenvalue weighted by Crippen LogP contribution is 2.29. The third-order valence-corrected chi connectivity index (χ3v) is 4.53. The Bertz CT molecular complexity index is 1030. The maximum absolute atomic E-state index is 12.5. The topological polar surface area (TPSA) is 80.8 Å². The highest BCUT2D eigenvalue weighted by Gasteiger charge is 2.17. The average Bonchev–Trinajstić information content (AvgIpc) is 2.73. The van der Waals surface area contributed by atoms with Crippen molar-refractivity contribution in [2.75, 3.05) is 31.0 Å². The second-order valence-corrected chi connectivity index (χ2v) is 6.39. The molecule has 150 valence electrons. The highest BCUT2D eigenvalue weighted by molar-refractivity contribution is 6.02. The minimum Gasteiger partial charge on any atom is -0.497 e. The monoisotopic (exact) mass is 393 g/mol. The third-order valence-electron chi connectivity index (χ3n) is 4.53. The van der Waals surface area contributed by atoms with Crippen molar-refractivity contribution in [1.82, 2.24) is 4.98 Å². The van der Waals surface area contributed by atoms with Crippen molar-refractivity contribution < 1.29 is 19.1 Å². The first kappa shape index (κ1) is 20.1. The SMILES string of the molecule is COc1ccc(OC)c(NC(=O)CCN(C(C)=O)c2cccc3cccnc23)c1. The first-order valence-corrected chi connectivity index (χ1v) is 9.17. The van der Waals surface area contributed by atoms with Crippen LogP contribution < -0.4 is 19.7 Å². The van der Waals surface area contributed by atoms with Gasteiger partial charge in [0.25, 0.3) is 0 Å². The van der Waals surface area contributed by atoms with E-state index in [1.807, 2.05) is 30.3 Å². The predicted octanol–water partition coefficient (Wildman–Crippen LogP) is 3.63. The molecular weight excluding hydrogens is 370 g/mol. The Hall–Kier alpha value is -3.61. The molecule has 2 aromatic carbocycles. The summed E-state index contributed by atoms with van der Waals surface area (Å²) in [6.45, 7) is 1.70. The molecule has 1 heterocycles. The van der Waals surface area contributed by atoms with Crippen molar-refractivity contribution >= 4 is 34.1 Å². The van der Waals surface area contributed by atoms with Gasteiger partial charge in [0.15, 0.2) is 0 Å². The molecule has 29 heavy (non-hydrogen) atoms. The van der Waals surface area contributed by atoms with Crippen LogP contribution in [0.1, 0.15) is 13.3 Å². The lowest BCUT2D eigenvalue weighted by Crippen LogP contribution is -2.32. The first-order valence-electron chi connectivity index (χ1n) is 9.17. The Kier molecular flexibility index (Phi) is 6.29. The van der Waals surface area contributed by atoms with E-state index in [9.17, 15) is 9.59 Å². The summed E-state index contributed by atoms with van der Waals surface area (Å²) in [5.74, 6) is 0.736. The van der Waals surface area contributed by atoms with E-state index in [0.717, 1.165) is 10.9 Å². The van der Waals surface area contributed by atoms with Gasteiger partial charge in [-0.05, 0) is 24.3 Å². The van der Waals surface area contributed by atoms with Gasteiger partial charge < -0.3 is 19.7 Å². The van der Waals surface area contributed by atoms with Gasteiger partial charge in [-0.15, -0.1) is 0 Å². The molecule has 0 fully saturated rings. The number of nitrogens with zero attached hydrogens (tertiary/aromatic N) is 2. The number of methoxy groups -OCH3 is 2. The number of benzene rings is 2. The Morgan fingerprint density at radius 2 is 1.86 bits per heavy atom. The van der Waals surface area contributed by atoms with Gasteiger partial charge in [0.2, 0.25) is 11.8 Å². The summed E-state index contributed by atoms with van der Waals surface area (Å²) in [7, 11) is 3.08. The fraction of sp³-hybridized carbons (Fsp3) is 0.227. The van der Waals surface area contributed by atoms with Crippen LogP contribution >= 0.6 is 0 Å². The number of pyridine rings is 1. The van der Waals surface area contributed by atoms with Crippen molar-refractivity contribution in [2.45, 2.75) is 13.3 Å². The lowest BCUT2D eigenvalue weighted by Gasteiger charge is -2.22. The minimum absolute atomic E-state index is 0.114. The smallest absolute Gasteiger partial charge is 0.226 e. The molecule has 3 rings (SSSR count). The van der Waals surface area contributed by atoms with Crippen molar-refractivity contribution in [3.8, 4) is 11.5 Å². The maximum atomic E-state index is 12.5. The van der Waals surface area contributed by atoms with Crippen molar-refractivity contribution in [3.05, 3.63) is 54.7 Å². The molecule has 0 aliphatic heterocycles. The van der Waals surface area contributed by atoms with Crippen LogP contribution in [0.3, 0.4) is 0 Å². The van der Waals surface area contributed by atoms with E-state index in [1.165, 1.54) is 14.0 Å². The zero-order valence-corrected chi connectivity index (χ0v) is 16.6. The van der Waals surface area contributed by atoms with Gasteiger partial charge in [-0.1, -0.05) is 18.2 Å². The quantitative estimate of drug-likeness (QED) is 0.663. The first-order chi connectivity index (χ1) is 14.0. The molecule has 1 aromatic heterocycles. The van der Waals surface area contributed by atoms with Gasteiger partial charge >= 0.3 is 0 Å². The highest BCUT2D eigenvalue weighted by atomic mass is 16.5. The number of hydrogen-bond donors (Lipinski definition) is 1. The van der Waals surface area contributed by atoms with E-state index in [0.29, 0.717) is 22.9 Å². The number of carbonyl (C=O) groups is 2. The van der Waals surface area contributed by atoms with Crippen molar-refractivity contribution in [1.29, 1.82) is 0 Å². The summed E-state index contributed by atoms with van der Waals surface area (Å²) in [4.78, 5) is 30.8. The molecule has 7 heteroatoms. The van der Waals surface area contributed by atoms with E-state index < -0.39 is 0 Å². The maximum Gasteiger partial charge on any atom is 0.226 e. The van der Waals surface area contributed by atoms with E-state index in [4.69, 9.17) is 9.47 Å². The number of rotatable bonds is 7. The number of nitrogens with one attached hydrogen (secondary N) is 1. The normalized spacial score (nSPS) is 10.4. The van der Waals surface area contributed by atoms with E-state index in [-0.39, 0.29) is 24.8 Å². The standard InChI is InChI=1S/C22H23N3O4/c1-15(26)25(19-8-4-6-16-7-5-12-23-22(16)19)13-11-21(27)24-18-14-17(28-2)9-10-20(18)29-3/h4-10,12,14H,11,13H2,1-3H3,(H,24,27).